The average molecular weight is 457 g/mol. The Morgan fingerprint density at radius 3 is 2.74 bits per heavy atom. The minimum atomic E-state index is -0.332. The van der Waals surface area contributed by atoms with E-state index in [0.717, 1.165) is 32.4 Å². The summed E-state index contributed by atoms with van der Waals surface area (Å²) in [5.74, 6) is -0.391. The van der Waals surface area contributed by atoms with Crippen molar-refractivity contribution in [3.63, 3.8) is 0 Å². The van der Waals surface area contributed by atoms with Gasteiger partial charge in [-0.15, -0.1) is 0 Å². The van der Waals surface area contributed by atoms with Crippen molar-refractivity contribution in [2.45, 2.75) is 31.3 Å². The summed E-state index contributed by atoms with van der Waals surface area (Å²) < 4.78 is 0. The fourth-order valence-electron chi connectivity index (χ4n) is 4.78. The molecular formula is C26H28N6O2. The quantitative estimate of drug-likeness (QED) is 0.544. The molecule has 0 spiro atoms. The summed E-state index contributed by atoms with van der Waals surface area (Å²) in [5, 5.41) is 6.15. The van der Waals surface area contributed by atoms with Crippen molar-refractivity contribution in [2.24, 2.45) is 0 Å². The van der Waals surface area contributed by atoms with E-state index in [1.807, 2.05) is 25.2 Å². The topological polar surface area (TPSA) is 113 Å². The van der Waals surface area contributed by atoms with Crippen molar-refractivity contribution in [2.75, 3.05) is 25.9 Å². The number of amides is 2. The van der Waals surface area contributed by atoms with E-state index in [2.05, 4.69) is 37.6 Å². The lowest BCUT2D eigenvalue weighted by molar-refractivity contribution is 0.0926. The van der Waals surface area contributed by atoms with Gasteiger partial charge < -0.3 is 21.3 Å². The number of fused-ring (bicyclic) bond motifs is 1. The molecule has 2 amide bonds. The van der Waals surface area contributed by atoms with Gasteiger partial charge in [-0.25, -0.2) is 9.97 Å². The maximum absolute atomic E-state index is 13.0. The number of anilines is 1. The molecule has 1 fully saturated rings. The van der Waals surface area contributed by atoms with Crippen molar-refractivity contribution >= 4 is 17.6 Å². The number of likely N-dealkylation sites (tertiary alicyclic amines) is 1. The Morgan fingerprint density at radius 1 is 1.06 bits per heavy atom. The number of rotatable bonds is 5. The molecule has 5 rings (SSSR count). The number of hydrogen-bond donors (Lipinski definition) is 3. The molecule has 2 aromatic carbocycles. The van der Waals surface area contributed by atoms with Gasteiger partial charge in [-0.05, 0) is 56.1 Å². The third kappa shape index (κ3) is 4.49. The standard InChI is InChI=1S/C26H28N6O2/c1-32-12-11-19(15-32)29-26(34)23-24(27)28-14-22(30-23)17-6-4-7-18(13-17)25(33)31-21-10-9-16-5-2-3-8-20(16)21/h2-8,13-14,19,21H,9-12,15H2,1H3,(H2,27,28)(H,29,34)(H,31,33)/t19-,21-/m0/s1. The summed E-state index contributed by atoms with van der Waals surface area (Å²) >= 11 is 0. The number of benzene rings is 2. The molecule has 0 saturated carbocycles. The maximum atomic E-state index is 13.0. The van der Waals surface area contributed by atoms with Gasteiger partial charge in [0.15, 0.2) is 11.5 Å². The molecule has 4 N–H and O–H groups in total. The summed E-state index contributed by atoms with van der Waals surface area (Å²) in [7, 11) is 2.02. The summed E-state index contributed by atoms with van der Waals surface area (Å²) in [6, 6.07) is 15.5. The zero-order valence-corrected chi connectivity index (χ0v) is 19.1. The molecule has 1 aliphatic carbocycles. The first-order valence-electron chi connectivity index (χ1n) is 11.6. The predicted octanol–water partition coefficient (Wildman–Crippen LogP) is 2.58. The van der Waals surface area contributed by atoms with Crippen molar-refractivity contribution in [3.8, 4) is 11.3 Å². The van der Waals surface area contributed by atoms with Crippen LogP contribution in [0.5, 0.6) is 0 Å². The lowest BCUT2D eigenvalue weighted by Gasteiger charge is -2.15. The number of nitrogen functional groups attached to an aromatic ring is 1. The second kappa shape index (κ2) is 9.23. The smallest absolute Gasteiger partial charge is 0.274 e. The molecule has 34 heavy (non-hydrogen) atoms. The van der Waals surface area contributed by atoms with Crippen molar-refractivity contribution < 1.29 is 9.59 Å². The average Bonchev–Trinajstić information content (AvgIpc) is 3.45. The van der Waals surface area contributed by atoms with E-state index in [4.69, 9.17) is 5.73 Å². The molecule has 0 radical (unpaired) electrons. The van der Waals surface area contributed by atoms with E-state index in [-0.39, 0.29) is 35.4 Å². The van der Waals surface area contributed by atoms with Gasteiger partial charge in [0.2, 0.25) is 0 Å². The van der Waals surface area contributed by atoms with Crippen LogP contribution in [-0.2, 0) is 6.42 Å². The lowest BCUT2D eigenvalue weighted by atomic mass is 10.1. The highest BCUT2D eigenvalue weighted by Gasteiger charge is 2.25. The molecule has 1 aromatic heterocycles. The van der Waals surface area contributed by atoms with Crippen LogP contribution in [0.4, 0.5) is 5.82 Å². The van der Waals surface area contributed by atoms with Crippen LogP contribution in [0, 0.1) is 0 Å². The van der Waals surface area contributed by atoms with Gasteiger partial charge in [0, 0.05) is 23.7 Å². The van der Waals surface area contributed by atoms with E-state index in [1.54, 1.807) is 18.2 Å². The molecular weight excluding hydrogens is 428 g/mol. The van der Waals surface area contributed by atoms with Gasteiger partial charge in [0.05, 0.1) is 17.9 Å². The molecule has 8 heteroatoms. The first-order valence-corrected chi connectivity index (χ1v) is 11.6. The summed E-state index contributed by atoms with van der Waals surface area (Å²) in [6.45, 7) is 1.73. The first-order chi connectivity index (χ1) is 16.5. The highest BCUT2D eigenvalue weighted by molar-refractivity contribution is 5.97. The number of aryl methyl sites for hydroxylation is 1. The minimum Gasteiger partial charge on any atom is -0.382 e. The first kappa shape index (κ1) is 22.0. The SMILES string of the molecule is CN1CC[C@H](NC(=O)c2nc(-c3cccc(C(=O)N[C@H]4CCc5ccccc54)c3)cnc2N)C1. The Morgan fingerprint density at radius 2 is 1.91 bits per heavy atom. The normalized spacial score (nSPS) is 19.6. The van der Waals surface area contributed by atoms with Gasteiger partial charge in [-0.3, -0.25) is 9.59 Å². The number of carbonyl (C=O) groups is 2. The molecule has 0 bridgehead atoms. The van der Waals surface area contributed by atoms with Crippen molar-refractivity contribution in [3.05, 3.63) is 77.1 Å². The summed E-state index contributed by atoms with van der Waals surface area (Å²) in [6.07, 6.45) is 4.27. The maximum Gasteiger partial charge on any atom is 0.274 e. The van der Waals surface area contributed by atoms with Crippen LogP contribution >= 0.6 is 0 Å². The van der Waals surface area contributed by atoms with Gasteiger partial charge in [-0.1, -0.05) is 36.4 Å². The minimum absolute atomic E-state index is 0.00796. The van der Waals surface area contributed by atoms with E-state index in [0.29, 0.717) is 16.8 Å². The summed E-state index contributed by atoms with van der Waals surface area (Å²) in [5.41, 5.74) is 10.3. The number of nitrogens with one attached hydrogen (secondary N) is 2. The Balaban J connectivity index is 1.33. The molecule has 1 aliphatic heterocycles. The number of likely N-dealkylation sites (N-methyl/N-ethyl adjacent to an activating group) is 1. The Labute approximate surface area is 198 Å². The Kier molecular flexibility index (Phi) is 5.98. The highest BCUT2D eigenvalue weighted by atomic mass is 16.2. The van der Waals surface area contributed by atoms with E-state index >= 15 is 0 Å². The molecule has 8 nitrogen and oxygen atoms in total. The third-order valence-corrected chi connectivity index (χ3v) is 6.60. The fourth-order valence-corrected chi connectivity index (χ4v) is 4.78. The van der Waals surface area contributed by atoms with Crippen LogP contribution in [0.2, 0.25) is 0 Å². The zero-order valence-electron chi connectivity index (χ0n) is 19.1. The number of nitrogens with zero attached hydrogens (tertiary/aromatic N) is 3. The fraction of sp³-hybridized carbons (Fsp3) is 0.308. The Hall–Kier alpha value is -3.78. The third-order valence-electron chi connectivity index (χ3n) is 6.60. The summed E-state index contributed by atoms with van der Waals surface area (Å²) in [4.78, 5) is 36.7. The number of aromatic nitrogens is 2. The number of hydrogen-bond acceptors (Lipinski definition) is 6. The van der Waals surface area contributed by atoms with Gasteiger partial charge >= 0.3 is 0 Å². The molecule has 0 unspecified atom stereocenters. The van der Waals surface area contributed by atoms with Gasteiger partial charge in [-0.2, -0.15) is 0 Å². The largest absolute Gasteiger partial charge is 0.382 e. The zero-order chi connectivity index (χ0) is 23.7. The molecule has 174 valence electrons. The van der Waals surface area contributed by atoms with E-state index < -0.39 is 0 Å². The van der Waals surface area contributed by atoms with Gasteiger partial charge in [0.25, 0.3) is 11.8 Å². The van der Waals surface area contributed by atoms with Crippen LogP contribution in [0.25, 0.3) is 11.3 Å². The second-order valence-corrected chi connectivity index (χ2v) is 9.05. The van der Waals surface area contributed by atoms with E-state index in [1.165, 1.54) is 17.3 Å². The molecule has 2 aliphatic rings. The monoisotopic (exact) mass is 456 g/mol. The van der Waals surface area contributed by atoms with Crippen LogP contribution in [0.1, 0.15) is 50.9 Å². The lowest BCUT2D eigenvalue weighted by Crippen LogP contribution is -2.37. The van der Waals surface area contributed by atoms with E-state index in [9.17, 15) is 9.59 Å². The van der Waals surface area contributed by atoms with Gasteiger partial charge in [0.1, 0.15) is 0 Å². The number of nitrogens with two attached hydrogens (primary N) is 1. The van der Waals surface area contributed by atoms with Crippen molar-refractivity contribution in [1.29, 1.82) is 0 Å². The highest BCUT2D eigenvalue weighted by Crippen LogP contribution is 2.31. The molecule has 2 heterocycles. The van der Waals surface area contributed by atoms with Crippen LogP contribution in [-0.4, -0.2) is 52.9 Å². The molecule has 3 aromatic rings. The number of carbonyl (C=O) groups excluding carboxylic acids is 2. The second-order valence-electron chi connectivity index (χ2n) is 9.05. The Bertz CT molecular complexity index is 1240. The van der Waals surface area contributed by atoms with Crippen LogP contribution in [0.3, 0.4) is 0 Å². The van der Waals surface area contributed by atoms with Crippen LogP contribution in [0.15, 0.2) is 54.7 Å². The molecule has 1 saturated heterocycles. The molecule has 2 atom stereocenters. The van der Waals surface area contributed by atoms with Crippen LogP contribution < -0.4 is 16.4 Å². The predicted molar refractivity (Wildman–Crippen MR) is 130 cm³/mol. The van der Waals surface area contributed by atoms with Crippen molar-refractivity contribution in [1.82, 2.24) is 25.5 Å².